The highest BCUT2D eigenvalue weighted by molar-refractivity contribution is 6.30. The second-order valence-corrected chi connectivity index (χ2v) is 7.61. The minimum Gasteiger partial charge on any atom is -0.353 e. The summed E-state index contributed by atoms with van der Waals surface area (Å²) in [6, 6.07) is 9.02. The van der Waals surface area contributed by atoms with Gasteiger partial charge in [-0.05, 0) is 49.6 Å². The van der Waals surface area contributed by atoms with Crippen LogP contribution in [0.1, 0.15) is 19.3 Å². The van der Waals surface area contributed by atoms with Crippen LogP contribution in [0.5, 0.6) is 0 Å². The van der Waals surface area contributed by atoms with Gasteiger partial charge in [-0.15, -0.1) is 0 Å². The molecule has 2 saturated heterocycles. The van der Waals surface area contributed by atoms with Crippen molar-refractivity contribution in [1.82, 2.24) is 14.9 Å². The van der Waals surface area contributed by atoms with Crippen LogP contribution in [0.2, 0.25) is 5.02 Å². The lowest BCUT2D eigenvalue weighted by Gasteiger charge is -2.35. The molecule has 0 bridgehead atoms. The lowest BCUT2D eigenvalue weighted by atomic mass is 10.1. The van der Waals surface area contributed by atoms with Gasteiger partial charge in [-0.1, -0.05) is 11.6 Å². The van der Waals surface area contributed by atoms with Gasteiger partial charge in [0.2, 0.25) is 5.95 Å². The average Bonchev–Trinajstić information content (AvgIpc) is 2.76. The van der Waals surface area contributed by atoms with Crippen molar-refractivity contribution in [1.29, 1.82) is 0 Å². The average molecular weight is 401 g/mol. The van der Waals surface area contributed by atoms with E-state index in [2.05, 4.69) is 20.1 Å². The van der Waals surface area contributed by atoms with E-state index in [4.69, 9.17) is 16.6 Å². The number of anilines is 3. The zero-order valence-electron chi connectivity index (χ0n) is 15.9. The summed E-state index contributed by atoms with van der Waals surface area (Å²) in [4.78, 5) is 28.0. The summed E-state index contributed by atoms with van der Waals surface area (Å²) in [6.45, 7) is 4.88. The Morgan fingerprint density at radius 3 is 2.32 bits per heavy atom. The van der Waals surface area contributed by atoms with Gasteiger partial charge in [-0.25, -0.2) is 9.78 Å². The Morgan fingerprint density at radius 2 is 1.61 bits per heavy atom. The first-order chi connectivity index (χ1) is 13.7. The van der Waals surface area contributed by atoms with E-state index in [-0.39, 0.29) is 6.03 Å². The minimum absolute atomic E-state index is 0.0846. The number of piperidine rings is 1. The van der Waals surface area contributed by atoms with Crippen LogP contribution in [-0.4, -0.2) is 60.2 Å². The van der Waals surface area contributed by atoms with E-state index in [9.17, 15) is 4.79 Å². The first-order valence-electron chi connectivity index (χ1n) is 9.83. The molecule has 1 N–H and O–H groups in total. The monoisotopic (exact) mass is 400 g/mol. The summed E-state index contributed by atoms with van der Waals surface area (Å²) < 4.78 is 0. The van der Waals surface area contributed by atoms with E-state index in [1.165, 1.54) is 19.3 Å². The largest absolute Gasteiger partial charge is 0.353 e. The molecule has 0 aliphatic carbocycles. The van der Waals surface area contributed by atoms with Gasteiger partial charge in [0.05, 0.1) is 0 Å². The highest BCUT2D eigenvalue weighted by Crippen LogP contribution is 2.20. The second-order valence-electron chi connectivity index (χ2n) is 7.17. The number of aromatic nitrogens is 2. The zero-order valence-corrected chi connectivity index (χ0v) is 16.6. The third-order valence-electron chi connectivity index (χ3n) is 5.25. The number of benzene rings is 1. The third kappa shape index (κ3) is 4.47. The number of amides is 2. The third-order valence-corrected chi connectivity index (χ3v) is 5.51. The molecule has 2 aliphatic rings. The normalized spacial score (nSPS) is 17.5. The van der Waals surface area contributed by atoms with Crippen molar-refractivity contribution in [3.05, 3.63) is 41.6 Å². The molecule has 3 heterocycles. The van der Waals surface area contributed by atoms with Gasteiger partial charge < -0.3 is 20.0 Å². The van der Waals surface area contributed by atoms with Gasteiger partial charge >= 0.3 is 6.03 Å². The number of rotatable bonds is 3. The van der Waals surface area contributed by atoms with Crippen molar-refractivity contribution in [3.63, 3.8) is 0 Å². The minimum atomic E-state index is -0.0846. The first kappa shape index (κ1) is 18.8. The zero-order chi connectivity index (χ0) is 19.3. The fourth-order valence-corrected chi connectivity index (χ4v) is 3.76. The Kier molecular flexibility index (Phi) is 5.81. The van der Waals surface area contributed by atoms with Crippen LogP contribution in [-0.2, 0) is 0 Å². The molecule has 8 heteroatoms. The molecule has 2 aliphatic heterocycles. The van der Waals surface area contributed by atoms with Crippen molar-refractivity contribution in [2.45, 2.75) is 19.3 Å². The maximum atomic E-state index is 12.5. The summed E-state index contributed by atoms with van der Waals surface area (Å²) in [7, 11) is 0. The number of nitrogens with zero attached hydrogens (tertiary/aromatic N) is 5. The van der Waals surface area contributed by atoms with Crippen LogP contribution in [0.4, 0.5) is 22.2 Å². The number of carbonyl (C=O) groups excluding carboxylic acids is 1. The van der Waals surface area contributed by atoms with Crippen molar-refractivity contribution in [3.8, 4) is 0 Å². The number of hydrogen-bond donors (Lipinski definition) is 1. The first-order valence-corrected chi connectivity index (χ1v) is 10.2. The van der Waals surface area contributed by atoms with Gasteiger partial charge in [-0.3, -0.25) is 0 Å². The van der Waals surface area contributed by atoms with Crippen molar-refractivity contribution < 1.29 is 4.79 Å². The van der Waals surface area contributed by atoms with Crippen LogP contribution in [0.3, 0.4) is 0 Å². The molecule has 1 aromatic carbocycles. The molecule has 2 amide bonds. The molecular formula is C20H25ClN6O. The molecule has 28 heavy (non-hydrogen) atoms. The molecule has 2 aromatic rings. The van der Waals surface area contributed by atoms with Crippen molar-refractivity contribution >= 4 is 35.1 Å². The van der Waals surface area contributed by atoms with E-state index in [0.717, 1.165) is 43.6 Å². The van der Waals surface area contributed by atoms with E-state index in [1.54, 1.807) is 24.3 Å². The molecule has 4 rings (SSSR count). The Morgan fingerprint density at radius 1 is 0.893 bits per heavy atom. The van der Waals surface area contributed by atoms with Gasteiger partial charge in [0.25, 0.3) is 0 Å². The van der Waals surface area contributed by atoms with Crippen LogP contribution in [0, 0.1) is 0 Å². The van der Waals surface area contributed by atoms with Gasteiger partial charge in [0.15, 0.2) is 0 Å². The van der Waals surface area contributed by atoms with E-state index in [1.807, 2.05) is 17.2 Å². The van der Waals surface area contributed by atoms with Gasteiger partial charge in [0, 0.05) is 56.2 Å². The fraction of sp³-hybridized carbons (Fsp3) is 0.450. The molecule has 0 radical (unpaired) electrons. The highest BCUT2D eigenvalue weighted by atomic mass is 35.5. The predicted molar refractivity (Wildman–Crippen MR) is 112 cm³/mol. The Hall–Kier alpha value is -2.54. The molecule has 1 aromatic heterocycles. The molecule has 0 unspecified atom stereocenters. The number of halogens is 1. The Labute approximate surface area is 170 Å². The standard InChI is InChI=1S/C20H25ClN6O/c21-16-4-6-17(7-5-16)23-20(28)27-14-12-25(13-15-27)18-8-9-22-19(24-18)26-10-2-1-3-11-26/h4-9H,1-3,10-15H2,(H,23,28). The lowest BCUT2D eigenvalue weighted by molar-refractivity contribution is 0.208. The van der Waals surface area contributed by atoms with Crippen LogP contribution < -0.4 is 15.1 Å². The number of nitrogens with one attached hydrogen (secondary N) is 1. The van der Waals surface area contributed by atoms with Crippen LogP contribution >= 0.6 is 11.6 Å². The molecular weight excluding hydrogens is 376 g/mol. The molecule has 0 saturated carbocycles. The fourth-order valence-electron chi connectivity index (χ4n) is 3.64. The maximum absolute atomic E-state index is 12.5. The Bertz CT molecular complexity index is 801. The van der Waals surface area contributed by atoms with E-state index < -0.39 is 0 Å². The molecule has 0 spiro atoms. The molecule has 7 nitrogen and oxygen atoms in total. The lowest BCUT2D eigenvalue weighted by Crippen LogP contribution is -2.50. The number of urea groups is 1. The molecule has 0 atom stereocenters. The summed E-state index contributed by atoms with van der Waals surface area (Å²) in [5.41, 5.74) is 0.749. The predicted octanol–water partition coefficient (Wildman–Crippen LogP) is 3.47. The van der Waals surface area contributed by atoms with E-state index >= 15 is 0 Å². The van der Waals surface area contributed by atoms with Crippen LogP contribution in [0.25, 0.3) is 0 Å². The number of piperazine rings is 1. The quantitative estimate of drug-likeness (QED) is 0.854. The second kappa shape index (κ2) is 8.65. The van der Waals surface area contributed by atoms with Gasteiger partial charge in [-0.2, -0.15) is 4.98 Å². The summed E-state index contributed by atoms with van der Waals surface area (Å²) in [5.74, 6) is 1.76. The molecule has 148 valence electrons. The topological polar surface area (TPSA) is 64.6 Å². The smallest absolute Gasteiger partial charge is 0.321 e. The van der Waals surface area contributed by atoms with Crippen molar-refractivity contribution in [2.75, 3.05) is 54.4 Å². The van der Waals surface area contributed by atoms with Gasteiger partial charge in [0.1, 0.15) is 5.82 Å². The summed E-state index contributed by atoms with van der Waals surface area (Å²) in [6.07, 6.45) is 5.53. The number of carbonyl (C=O) groups is 1. The highest BCUT2D eigenvalue weighted by Gasteiger charge is 2.23. The summed E-state index contributed by atoms with van der Waals surface area (Å²) in [5, 5.41) is 3.58. The maximum Gasteiger partial charge on any atom is 0.321 e. The van der Waals surface area contributed by atoms with Crippen LogP contribution in [0.15, 0.2) is 36.5 Å². The Balaban J connectivity index is 1.33. The summed E-state index contributed by atoms with van der Waals surface area (Å²) >= 11 is 5.89. The number of hydrogen-bond acceptors (Lipinski definition) is 5. The van der Waals surface area contributed by atoms with Crippen molar-refractivity contribution in [2.24, 2.45) is 0 Å². The molecule has 2 fully saturated rings. The van der Waals surface area contributed by atoms with E-state index in [0.29, 0.717) is 18.1 Å². The SMILES string of the molecule is O=C(Nc1ccc(Cl)cc1)N1CCN(c2ccnc(N3CCCCC3)n2)CC1.